The summed E-state index contributed by atoms with van der Waals surface area (Å²) in [5.74, 6) is 1.99. The maximum Gasteiger partial charge on any atom is 0.162 e. The lowest BCUT2D eigenvalue weighted by Gasteiger charge is -2.19. The van der Waals surface area contributed by atoms with Crippen LogP contribution in [-0.4, -0.2) is 19.7 Å². The number of nitrogens with zero attached hydrogens (tertiary/aromatic N) is 4. The van der Waals surface area contributed by atoms with E-state index >= 15 is 0 Å². The molecule has 0 fully saturated rings. The second kappa shape index (κ2) is 4.08. The molecule has 0 unspecified atom stereocenters. The average molecular weight is 245 g/mol. The molecule has 2 N–H and O–H groups in total. The summed E-state index contributed by atoms with van der Waals surface area (Å²) in [5.41, 5.74) is 7.77. The monoisotopic (exact) mass is 245 g/mol. The van der Waals surface area contributed by atoms with Gasteiger partial charge in [0.05, 0.1) is 6.20 Å². The Bertz CT molecular complexity index is 578. The van der Waals surface area contributed by atoms with Gasteiger partial charge in [-0.05, 0) is 19.4 Å². The molecule has 0 atom stereocenters. The molecule has 2 heterocycles. The molecule has 0 aliphatic rings. The SMILES string of the molecule is Cc1cnn(-c2nc(C(C)(C)C)nc(N)c2C)c1. The molecule has 0 aromatic carbocycles. The van der Waals surface area contributed by atoms with Gasteiger partial charge in [-0.25, -0.2) is 14.6 Å². The average Bonchev–Trinajstić information content (AvgIpc) is 2.67. The van der Waals surface area contributed by atoms with Crippen LogP contribution in [-0.2, 0) is 5.41 Å². The van der Waals surface area contributed by atoms with E-state index in [-0.39, 0.29) is 5.41 Å². The van der Waals surface area contributed by atoms with E-state index in [0.29, 0.717) is 5.82 Å². The Morgan fingerprint density at radius 1 is 1.17 bits per heavy atom. The third-order valence-corrected chi connectivity index (χ3v) is 2.76. The fourth-order valence-corrected chi connectivity index (χ4v) is 1.61. The van der Waals surface area contributed by atoms with Crippen molar-refractivity contribution in [3.8, 4) is 5.82 Å². The summed E-state index contributed by atoms with van der Waals surface area (Å²) in [4.78, 5) is 8.96. The van der Waals surface area contributed by atoms with Crippen LogP contribution in [0, 0.1) is 13.8 Å². The van der Waals surface area contributed by atoms with E-state index in [9.17, 15) is 0 Å². The summed E-state index contributed by atoms with van der Waals surface area (Å²) in [6.45, 7) is 10.1. The second-order valence-corrected chi connectivity index (χ2v) is 5.59. The van der Waals surface area contributed by atoms with Gasteiger partial charge in [0.1, 0.15) is 11.6 Å². The molecule has 0 aliphatic carbocycles. The zero-order chi connectivity index (χ0) is 13.5. The Morgan fingerprint density at radius 2 is 1.83 bits per heavy atom. The van der Waals surface area contributed by atoms with Gasteiger partial charge in [-0.15, -0.1) is 0 Å². The summed E-state index contributed by atoms with van der Waals surface area (Å²) < 4.78 is 1.75. The summed E-state index contributed by atoms with van der Waals surface area (Å²) in [6.07, 6.45) is 3.73. The van der Waals surface area contributed by atoms with Gasteiger partial charge in [0.2, 0.25) is 0 Å². The number of anilines is 1. The predicted molar refractivity (Wildman–Crippen MR) is 71.7 cm³/mol. The molecule has 96 valence electrons. The van der Waals surface area contributed by atoms with Crippen molar-refractivity contribution < 1.29 is 0 Å². The molecule has 5 nitrogen and oxygen atoms in total. The van der Waals surface area contributed by atoms with E-state index in [1.807, 2.05) is 20.0 Å². The van der Waals surface area contributed by atoms with Crippen molar-refractivity contribution in [3.63, 3.8) is 0 Å². The van der Waals surface area contributed by atoms with E-state index in [0.717, 1.165) is 22.8 Å². The first-order valence-corrected chi connectivity index (χ1v) is 5.95. The van der Waals surface area contributed by atoms with Crippen LogP contribution in [0.2, 0.25) is 0 Å². The lowest BCUT2D eigenvalue weighted by molar-refractivity contribution is 0.542. The van der Waals surface area contributed by atoms with Crippen LogP contribution in [0.15, 0.2) is 12.4 Å². The van der Waals surface area contributed by atoms with Gasteiger partial charge in [-0.2, -0.15) is 5.10 Å². The lowest BCUT2D eigenvalue weighted by Crippen LogP contribution is -2.20. The van der Waals surface area contributed by atoms with Gasteiger partial charge in [0, 0.05) is 17.2 Å². The number of rotatable bonds is 1. The van der Waals surface area contributed by atoms with E-state index in [4.69, 9.17) is 5.73 Å². The molecular formula is C13H19N5. The molecule has 0 bridgehead atoms. The van der Waals surface area contributed by atoms with Gasteiger partial charge in [0.25, 0.3) is 0 Å². The van der Waals surface area contributed by atoms with E-state index in [1.165, 1.54) is 0 Å². The minimum atomic E-state index is -0.140. The standard InChI is InChI=1S/C13H19N5/c1-8-6-15-18(7-8)11-9(2)10(14)16-12(17-11)13(3,4)5/h6-7H,1-5H3,(H2,14,16,17). The largest absolute Gasteiger partial charge is 0.383 e. The molecule has 0 amide bonds. The zero-order valence-electron chi connectivity index (χ0n) is 11.5. The van der Waals surface area contributed by atoms with Crippen molar-refractivity contribution >= 4 is 5.82 Å². The van der Waals surface area contributed by atoms with E-state index in [1.54, 1.807) is 10.9 Å². The highest BCUT2D eigenvalue weighted by molar-refractivity contribution is 5.48. The fourth-order valence-electron chi connectivity index (χ4n) is 1.61. The highest BCUT2D eigenvalue weighted by atomic mass is 15.3. The molecule has 2 rings (SSSR count). The number of hydrogen-bond acceptors (Lipinski definition) is 4. The summed E-state index contributed by atoms with van der Waals surface area (Å²) in [6, 6.07) is 0. The van der Waals surface area contributed by atoms with Gasteiger partial charge in [-0.1, -0.05) is 20.8 Å². The van der Waals surface area contributed by atoms with Crippen molar-refractivity contribution in [2.45, 2.75) is 40.0 Å². The quantitative estimate of drug-likeness (QED) is 0.835. The van der Waals surface area contributed by atoms with Crippen molar-refractivity contribution in [1.82, 2.24) is 19.7 Å². The zero-order valence-corrected chi connectivity index (χ0v) is 11.5. The topological polar surface area (TPSA) is 69.6 Å². The third kappa shape index (κ3) is 2.20. The fraction of sp³-hybridized carbons (Fsp3) is 0.462. The van der Waals surface area contributed by atoms with Gasteiger partial charge in [-0.3, -0.25) is 0 Å². The highest BCUT2D eigenvalue weighted by Gasteiger charge is 2.21. The molecule has 18 heavy (non-hydrogen) atoms. The lowest BCUT2D eigenvalue weighted by atomic mass is 9.95. The normalized spacial score (nSPS) is 11.8. The molecule has 0 saturated carbocycles. The van der Waals surface area contributed by atoms with E-state index in [2.05, 4.69) is 35.8 Å². The summed E-state index contributed by atoms with van der Waals surface area (Å²) in [7, 11) is 0. The Kier molecular flexibility index (Phi) is 2.84. The van der Waals surface area contributed by atoms with Crippen LogP contribution >= 0.6 is 0 Å². The Labute approximate surface area is 107 Å². The van der Waals surface area contributed by atoms with Crippen LogP contribution < -0.4 is 5.73 Å². The number of nitrogen functional groups attached to an aromatic ring is 1. The smallest absolute Gasteiger partial charge is 0.162 e. The van der Waals surface area contributed by atoms with Gasteiger partial charge >= 0.3 is 0 Å². The van der Waals surface area contributed by atoms with Crippen LogP contribution in [0.4, 0.5) is 5.82 Å². The Morgan fingerprint density at radius 3 is 2.33 bits per heavy atom. The number of hydrogen-bond donors (Lipinski definition) is 1. The highest BCUT2D eigenvalue weighted by Crippen LogP contribution is 2.23. The Hall–Kier alpha value is -1.91. The maximum atomic E-state index is 5.97. The molecular weight excluding hydrogens is 226 g/mol. The number of nitrogens with two attached hydrogens (primary N) is 1. The first kappa shape index (κ1) is 12.5. The predicted octanol–water partition coefficient (Wildman–Crippen LogP) is 2.16. The van der Waals surface area contributed by atoms with Crippen molar-refractivity contribution in [2.24, 2.45) is 0 Å². The number of aromatic nitrogens is 4. The molecule has 2 aromatic rings. The van der Waals surface area contributed by atoms with Crippen LogP contribution in [0.5, 0.6) is 0 Å². The second-order valence-electron chi connectivity index (χ2n) is 5.59. The first-order valence-electron chi connectivity index (χ1n) is 5.95. The first-order chi connectivity index (χ1) is 8.29. The van der Waals surface area contributed by atoms with Gasteiger partial charge in [0.15, 0.2) is 5.82 Å². The van der Waals surface area contributed by atoms with Crippen molar-refractivity contribution in [1.29, 1.82) is 0 Å². The van der Waals surface area contributed by atoms with Crippen molar-refractivity contribution in [3.05, 3.63) is 29.3 Å². The van der Waals surface area contributed by atoms with Crippen LogP contribution in [0.1, 0.15) is 37.7 Å². The summed E-state index contributed by atoms with van der Waals surface area (Å²) in [5, 5.41) is 4.28. The Balaban J connectivity index is 2.63. The third-order valence-electron chi connectivity index (χ3n) is 2.76. The van der Waals surface area contributed by atoms with Crippen molar-refractivity contribution in [2.75, 3.05) is 5.73 Å². The minimum absolute atomic E-state index is 0.140. The summed E-state index contributed by atoms with van der Waals surface area (Å²) >= 11 is 0. The van der Waals surface area contributed by atoms with Crippen LogP contribution in [0.3, 0.4) is 0 Å². The molecule has 5 heteroatoms. The van der Waals surface area contributed by atoms with E-state index < -0.39 is 0 Å². The van der Waals surface area contributed by atoms with Crippen LogP contribution in [0.25, 0.3) is 5.82 Å². The number of aryl methyl sites for hydroxylation is 1. The minimum Gasteiger partial charge on any atom is -0.383 e. The van der Waals surface area contributed by atoms with Gasteiger partial charge < -0.3 is 5.73 Å². The molecule has 0 aliphatic heterocycles. The molecule has 0 radical (unpaired) electrons. The molecule has 0 spiro atoms. The maximum absolute atomic E-state index is 5.97. The molecule has 0 saturated heterocycles. The molecule has 2 aromatic heterocycles.